The minimum Gasteiger partial charge on any atom is -0.473 e. The van der Waals surface area contributed by atoms with Gasteiger partial charge in [-0.05, 0) is 50.6 Å². The zero-order valence-electron chi connectivity index (χ0n) is 17.4. The summed E-state index contributed by atoms with van der Waals surface area (Å²) in [4.78, 5) is 4.29. The third kappa shape index (κ3) is 7.27. The van der Waals surface area contributed by atoms with E-state index in [0.29, 0.717) is 37.7 Å². The number of nitrogens with zero attached hydrogens (tertiary/aromatic N) is 1. The van der Waals surface area contributed by atoms with Crippen LogP contribution in [0.3, 0.4) is 0 Å². The molecule has 166 valence electrons. The van der Waals surface area contributed by atoms with Crippen molar-refractivity contribution in [2.75, 3.05) is 19.8 Å². The molecule has 0 bridgehead atoms. The maximum atomic E-state index is 12.7. The van der Waals surface area contributed by atoms with Crippen LogP contribution in [-0.4, -0.2) is 31.1 Å². The van der Waals surface area contributed by atoms with Crippen LogP contribution in [0.1, 0.15) is 50.0 Å². The van der Waals surface area contributed by atoms with Crippen LogP contribution in [0.25, 0.3) is 0 Å². The van der Waals surface area contributed by atoms with Crippen LogP contribution in [0, 0.1) is 0 Å². The maximum absolute atomic E-state index is 12.7. The fraction of sp³-hybridized carbons (Fsp3) is 0.500. The minimum atomic E-state index is -4.37. The van der Waals surface area contributed by atoms with E-state index in [2.05, 4.69) is 4.98 Å². The van der Waals surface area contributed by atoms with E-state index in [0.717, 1.165) is 17.7 Å². The molecule has 0 saturated carbocycles. The molecule has 0 N–H and O–H groups in total. The summed E-state index contributed by atoms with van der Waals surface area (Å²) in [5.74, 6) is 0.364. The van der Waals surface area contributed by atoms with Crippen LogP contribution in [0.15, 0.2) is 42.6 Å². The molecule has 0 spiro atoms. The Hall–Kier alpha value is -2.16. The third-order valence-corrected chi connectivity index (χ3v) is 4.28. The highest BCUT2D eigenvalue weighted by molar-refractivity contribution is 5.29. The average Bonchev–Trinajstić information content (AvgIpc) is 2.72. The molecule has 1 unspecified atom stereocenters. The second-order valence-electron chi connectivity index (χ2n) is 6.40. The molecule has 2 rings (SSSR count). The molecule has 5 nitrogen and oxygen atoms in total. The van der Waals surface area contributed by atoms with Gasteiger partial charge in [-0.1, -0.05) is 12.1 Å². The van der Waals surface area contributed by atoms with Crippen molar-refractivity contribution in [1.29, 1.82) is 0 Å². The van der Waals surface area contributed by atoms with Crippen LogP contribution >= 0.6 is 0 Å². The molecule has 30 heavy (non-hydrogen) atoms. The zero-order valence-corrected chi connectivity index (χ0v) is 17.4. The normalized spacial score (nSPS) is 12.9. The van der Waals surface area contributed by atoms with E-state index in [1.165, 1.54) is 12.1 Å². The third-order valence-electron chi connectivity index (χ3n) is 4.28. The lowest BCUT2D eigenvalue weighted by Gasteiger charge is -2.24. The number of hydrogen-bond donors (Lipinski definition) is 0. The fourth-order valence-corrected chi connectivity index (χ4v) is 2.93. The lowest BCUT2D eigenvalue weighted by molar-refractivity contribution is -0.158. The number of aromatic nitrogens is 1. The van der Waals surface area contributed by atoms with Gasteiger partial charge < -0.3 is 18.9 Å². The van der Waals surface area contributed by atoms with Gasteiger partial charge in [0.05, 0.1) is 11.7 Å². The lowest BCUT2D eigenvalue weighted by atomic mass is 10.1. The van der Waals surface area contributed by atoms with Gasteiger partial charge in [0.25, 0.3) is 0 Å². The molecule has 1 aromatic carbocycles. The predicted octanol–water partition coefficient (Wildman–Crippen LogP) is 5.55. The summed E-state index contributed by atoms with van der Waals surface area (Å²) >= 11 is 0. The number of hydrogen-bond acceptors (Lipinski definition) is 5. The van der Waals surface area contributed by atoms with Crippen LogP contribution in [-0.2, 0) is 27.0 Å². The summed E-state index contributed by atoms with van der Waals surface area (Å²) in [7, 11) is 0. The molecule has 0 radical (unpaired) electrons. The van der Waals surface area contributed by atoms with Crippen molar-refractivity contribution in [3.8, 4) is 5.88 Å². The Balaban J connectivity index is 2.14. The Morgan fingerprint density at radius 1 is 0.900 bits per heavy atom. The first kappa shape index (κ1) is 24.1. The molecule has 0 saturated heterocycles. The van der Waals surface area contributed by atoms with Crippen molar-refractivity contribution in [3.63, 3.8) is 0 Å². The van der Waals surface area contributed by atoms with E-state index in [-0.39, 0.29) is 12.7 Å². The quantitative estimate of drug-likeness (QED) is 0.416. The molecule has 1 aromatic heterocycles. The second-order valence-corrected chi connectivity index (χ2v) is 6.40. The van der Waals surface area contributed by atoms with E-state index in [4.69, 9.17) is 18.9 Å². The van der Waals surface area contributed by atoms with E-state index < -0.39 is 18.0 Å². The Kier molecular flexibility index (Phi) is 9.55. The van der Waals surface area contributed by atoms with Crippen molar-refractivity contribution < 1.29 is 32.1 Å². The zero-order chi connectivity index (χ0) is 22.0. The van der Waals surface area contributed by atoms with Gasteiger partial charge in [0.1, 0.15) is 6.61 Å². The topological polar surface area (TPSA) is 49.8 Å². The molecular weight excluding hydrogens is 399 g/mol. The molecule has 0 fully saturated rings. The molecule has 0 aliphatic rings. The summed E-state index contributed by atoms with van der Waals surface area (Å²) in [6.07, 6.45) is -3.11. The first-order valence-electron chi connectivity index (χ1n) is 9.97. The maximum Gasteiger partial charge on any atom is 0.416 e. The van der Waals surface area contributed by atoms with Crippen LogP contribution < -0.4 is 4.74 Å². The van der Waals surface area contributed by atoms with Gasteiger partial charge in [-0.25, -0.2) is 4.98 Å². The number of pyridine rings is 1. The average molecular weight is 427 g/mol. The van der Waals surface area contributed by atoms with Crippen molar-refractivity contribution in [2.45, 2.75) is 52.4 Å². The standard InChI is InChI=1S/C22H28F3NO4/c1-4-27-19(14-20(28-5-2)29-6-3)18-8-7-13-26-21(18)30-15-16-9-11-17(12-10-16)22(23,24)25/h7-13,19-20H,4-6,14-15H2,1-3H3. The van der Waals surface area contributed by atoms with Gasteiger partial charge in [-0.3, -0.25) is 0 Å². The Morgan fingerprint density at radius 2 is 1.53 bits per heavy atom. The summed E-state index contributed by atoms with van der Waals surface area (Å²) in [5, 5.41) is 0. The first-order valence-corrected chi connectivity index (χ1v) is 9.97. The smallest absolute Gasteiger partial charge is 0.416 e. The molecule has 0 aliphatic heterocycles. The van der Waals surface area contributed by atoms with Crippen LogP contribution in [0.4, 0.5) is 13.2 Å². The number of halogens is 3. The molecule has 2 aromatic rings. The van der Waals surface area contributed by atoms with E-state index in [1.807, 2.05) is 26.8 Å². The Labute approximate surface area is 175 Å². The minimum absolute atomic E-state index is 0.0847. The fourth-order valence-electron chi connectivity index (χ4n) is 2.93. The van der Waals surface area contributed by atoms with Crippen molar-refractivity contribution >= 4 is 0 Å². The Bertz CT molecular complexity index is 747. The molecule has 1 atom stereocenters. The Morgan fingerprint density at radius 3 is 2.10 bits per heavy atom. The number of alkyl halides is 3. The van der Waals surface area contributed by atoms with Crippen molar-refractivity contribution in [1.82, 2.24) is 4.98 Å². The highest BCUT2D eigenvalue weighted by atomic mass is 19.4. The summed E-state index contributed by atoms with van der Waals surface area (Å²) in [6.45, 7) is 7.25. The van der Waals surface area contributed by atoms with Crippen molar-refractivity contribution in [3.05, 3.63) is 59.3 Å². The van der Waals surface area contributed by atoms with Gasteiger partial charge in [-0.2, -0.15) is 13.2 Å². The monoisotopic (exact) mass is 427 g/mol. The molecular formula is C22H28F3NO4. The highest BCUT2D eigenvalue weighted by Crippen LogP contribution is 2.32. The largest absolute Gasteiger partial charge is 0.473 e. The van der Waals surface area contributed by atoms with Gasteiger partial charge in [-0.15, -0.1) is 0 Å². The molecule has 0 aliphatic carbocycles. The summed E-state index contributed by atoms with van der Waals surface area (Å²) in [6, 6.07) is 8.50. The van der Waals surface area contributed by atoms with Crippen molar-refractivity contribution in [2.24, 2.45) is 0 Å². The SMILES string of the molecule is CCOC(CC(OCC)c1cccnc1OCc1ccc(C(F)(F)F)cc1)OCC. The van der Waals surface area contributed by atoms with Crippen LogP contribution in [0.5, 0.6) is 5.88 Å². The summed E-state index contributed by atoms with van der Waals surface area (Å²) < 4.78 is 61.2. The second kappa shape index (κ2) is 11.9. The van der Waals surface area contributed by atoms with E-state index in [9.17, 15) is 13.2 Å². The molecule has 0 amide bonds. The first-order chi connectivity index (χ1) is 14.4. The summed E-state index contributed by atoms with van der Waals surface area (Å²) in [5.41, 5.74) is 0.642. The molecule has 8 heteroatoms. The highest BCUT2D eigenvalue weighted by Gasteiger charge is 2.30. The predicted molar refractivity (Wildman–Crippen MR) is 106 cm³/mol. The number of ether oxygens (including phenoxy) is 4. The number of rotatable bonds is 12. The lowest BCUT2D eigenvalue weighted by Crippen LogP contribution is -2.22. The molecule has 1 heterocycles. The number of benzene rings is 1. The van der Waals surface area contributed by atoms with Gasteiger partial charge in [0, 0.05) is 38.0 Å². The van der Waals surface area contributed by atoms with Gasteiger partial charge >= 0.3 is 6.18 Å². The van der Waals surface area contributed by atoms with E-state index >= 15 is 0 Å². The van der Waals surface area contributed by atoms with Gasteiger partial charge in [0.2, 0.25) is 5.88 Å². The van der Waals surface area contributed by atoms with Crippen LogP contribution in [0.2, 0.25) is 0 Å². The van der Waals surface area contributed by atoms with E-state index in [1.54, 1.807) is 12.3 Å². The van der Waals surface area contributed by atoms with Gasteiger partial charge in [0.15, 0.2) is 6.29 Å².